The van der Waals surface area contributed by atoms with E-state index in [2.05, 4.69) is 5.10 Å². The molecule has 25 heavy (non-hydrogen) atoms. The molecule has 2 aliphatic rings. The Bertz CT molecular complexity index is 716. The summed E-state index contributed by atoms with van der Waals surface area (Å²) in [6, 6.07) is 9.02. The average Bonchev–Trinajstić information content (AvgIpc) is 2.62. The smallest absolute Gasteiger partial charge is 0.306 e. The van der Waals surface area contributed by atoms with Crippen LogP contribution in [0.1, 0.15) is 26.2 Å². The third kappa shape index (κ3) is 3.55. The van der Waals surface area contributed by atoms with Crippen LogP contribution in [0.3, 0.4) is 0 Å². The Labute approximate surface area is 145 Å². The second kappa shape index (κ2) is 7.04. The second-order valence-electron chi connectivity index (χ2n) is 6.55. The Kier molecular flexibility index (Phi) is 4.83. The van der Waals surface area contributed by atoms with Crippen molar-refractivity contribution in [2.45, 2.75) is 26.2 Å². The number of anilines is 1. The average molecular weight is 343 g/mol. The van der Waals surface area contributed by atoms with E-state index in [0.717, 1.165) is 0 Å². The first-order valence-corrected chi connectivity index (χ1v) is 8.45. The molecule has 0 radical (unpaired) electrons. The van der Waals surface area contributed by atoms with Crippen molar-refractivity contribution < 1.29 is 19.5 Å². The summed E-state index contributed by atoms with van der Waals surface area (Å²) in [5.74, 6) is -1.67. The normalized spacial score (nSPS) is 24.0. The lowest BCUT2D eigenvalue weighted by atomic mass is 9.87. The zero-order chi connectivity index (χ0) is 18.0. The van der Waals surface area contributed by atoms with Crippen LogP contribution in [0.5, 0.6) is 0 Å². The number of para-hydroxylation sites is 1. The van der Waals surface area contributed by atoms with Crippen LogP contribution >= 0.6 is 0 Å². The van der Waals surface area contributed by atoms with Crippen LogP contribution in [-0.2, 0) is 14.4 Å². The van der Waals surface area contributed by atoms with Gasteiger partial charge < -0.3 is 10.0 Å². The highest BCUT2D eigenvalue weighted by Gasteiger charge is 2.35. The SMILES string of the molecule is CC1CN(C(=O)C2=NN(c3ccccc3)C(=O)CC2)CCC1C(=O)O. The number of carboxylic acids is 1. The van der Waals surface area contributed by atoms with Crippen molar-refractivity contribution in [2.75, 3.05) is 18.1 Å². The molecule has 1 fully saturated rings. The van der Waals surface area contributed by atoms with Gasteiger partial charge in [-0.2, -0.15) is 5.10 Å². The van der Waals surface area contributed by atoms with Gasteiger partial charge in [0.1, 0.15) is 5.71 Å². The van der Waals surface area contributed by atoms with Crippen LogP contribution in [0.25, 0.3) is 0 Å². The fourth-order valence-electron chi connectivity index (χ4n) is 3.36. The van der Waals surface area contributed by atoms with Crippen molar-refractivity contribution in [3.05, 3.63) is 30.3 Å². The summed E-state index contributed by atoms with van der Waals surface area (Å²) in [4.78, 5) is 37.8. The molecule has 2 atom stereocenters. The van der Waals surface area contributed by atoms with Gasteiger partial charge in [0, 0.05) is 25.9 Å². The molecule has 0 bridgehead atoms. The van der Waals surface area contributed by atoms with Gasteiger partial charge in [0.15, 0.2) is 0 Å². The molecule has 2 unspecified atom stereocenters. The van der Waals surface area contributed by atoms with Crippen LogP contribution in [0, 0.1) is 11.8 Å². The molecule has 0 aliphatic carbocycles. The number of carbonyl (C=O) groups excluding carboxylic acids is 2. The lowest BCUT2D eigenvalue weighted by molar-refractivity contribution is -0.147. The number of benzene rings is 1. The van der Waals surface area contributed by atoms with E-state index in [0.29, 0.717) is 37.3 Å². The van der Waals surface area contributed by atoms with Gasteiger partial charge in [0.25, 0.3) is 5.91 Å². The van der Waals surface area contributed by atoms with Crippen molar-refractivity contribution in [2.24, 2.45) is 16.9 Å². The van der Waals surface area contributed by atoms with Crippen LogP contribution < -0.4 is 5.01 Å². The number of nitrogens with zero attached hydrogens (tertiary/aromatic N) is 3. The van der Waals surface area contributed by atoms with Gasteiger partial charge in [0.2, 0.25) is 5.91 Å². The lowest BCUT2D eigenvalue weighted by Gasteiger charge is -2.35. The predicted octanol–water partition coefficient (Wildman–Crippen LogP) is 1.74. The highest BCUT2D eigenvalue weighted by molar-refractivity contribution is 6.40. The number of carboxylic acid groups (broad SMARTS) is 1. The van der Waals surface area contributed by atoms with Crippen LogP contribution in [0.15, 0.2) is 35.4 Å². The first-order valence-electron chi connectivity index (χ1n) is 8.45. The van der Waals surface area contributed by atoms with Crippen molar-refractivity contribution in [1.82, 2.24) is 4.90 Å². The lowest BCUT2D eigenvalue weighted by Crippen LogP contribution is -2.48. The van der Waals surface area contributed by atoms with Gasteiger partial charge >= 0.3 is 5.97 Å². The summed E-state index contributed by atoms with van der Waals surface area (Å²) in [6.07, 6.45) is 0.992. The van der Waals surface area contributed by atoms with Crippen LogP contribution in [0.4, 0.5) is 5.69 Å². The summed E-state index contributed by atoms with van der Waals surface area (Å²) in [5.41, 5.74) is 0.986. The molecule has 1 aromatic rings. The zero-order valence-electron chi connectivity index (χ0n) is 14.1. The number of amides is 2. The number of rotatable bonds is 3. The fourth-order valence-corrected chi connectivity index (χ4v) is 3.36. The van der Waals surface area contributed by atoms with E-state index in [9.17, 15) is 19.5 Å². The molecule has 2 amide bonds. The van der Waals surface area contributed by atoms with Gasteiger partial charge in [-0.25, -0.2) is 5.01 Å². The number of hydrazone groups is 1. The quantitative estimate of drug-likeness (QED) is 0.905. The Balaban J connectivity index is 1.76. The van der Waals surface area contributed by atoms with E-state index in [1.54, 1.807) is 17.0 Å². The maximum absolute atomic E-state index is 12.8. The van der Waals surface area contributed by atoms with E-state index in [1.165, 1.54) is 5.01 Å². The first-order chi connectivity index (χ1) is 12.0. The molecule has 0 saturated carbocycles. The van der Waals surface area contributed by atoms with Crippen LogP contribution in [-0.4, -0.2) is 46.6 Å². The maximum atomic E-state index is 12.8. The first kappa shape index (κ1) is 17.1. The minimum absolute atomic E-state index is 0.105. The van der Waals surface area contributed by atoms with Gasteiger partial charge in [-0.1, -0.05) is 25.1 Å². The number of hydrogen-bond donors (Lipinski definition) is 1. The molecule has 3 rings (SSSR count). The van der Waals surface area contributed by atoms with Gasteiger partial charge in [0.05, 0.1) is 11.6 Å². The largest absolute Gasteiger partial charge is 0.481 e. The zero-order valence-corrected chi connectivity index (χ0v) is 14.1. The van der Waals surface area contributed by atoms with Crippen molar-refractivity contribution in [3.63, 3.8) is 0 Å². The Hall–Kier alpha value is -2.70. The van der Waals surface area contributed by atoms with Gasteiger partial charge in [-0.3, -0.25) is 14.4 Å². The van der Waals surface area contributed by atoms with E-state index >= 15 is 0 Å². The third-order valence-electron chi connectivity index (χ3n) is 4.79. The summed E-state index contributed by atoms with van der Waals surface area (Å²) >= 11 is 0. The summed E-state index contributed by atoms with van der Waals surface area (Å²) in [6.45, 7) is 2.65. The number of piperidine rings is 1. The summed E-state index contributed by atoms with van der Waals surface area (Å²) in [5, 5.41) is 14.8. The number of carbonyl (C=O) groups is 3. The molecule has 1 saturated heterocycles. The molecule has 7 heteroatoms. The second-order valence-corrected chi connectivity index (χ2v) is 6.55. The van der Waals surface area contributed by atoms with Crippen molar-refractivity contribution >= 4 is 29.2 Å². The number of aliphatic carboxylic acids is 1. The highest BCUT2D eigenvalue weighted by Crippen LogP contribution is 2.25. The third-order valence-corrected chi connectivity index (χ3v) is 4.79. The van der Waals surface area contributed by atoms with Crippen molar-refractivity contribution in [1.29, 1.82) is 0 Å². The fraction of sp³-hybridized carbons (Fsp3) is 0.444. The van der Waals surface area contributed by atoms with Crippen LogP contribution in [0.2, 0.25) is 0 Å². The molecular formula is C18H21N3O4. The Morgan fingerprint density at radius 1 is 1.20 bits per heavy atom. The molecular weight excluding hydrogens is 322 g/mol. The standard InChI is InChI=1S/C18H21N3O4/c1-12-11-20(10-9-14(12)18(24)25)17(23)15-7-8-16(22)21(19-15)13-5-3-2-4-6-13/h2-6,12,14H,7-11H2,1H3,(H,24,25). The van der Waals surface area contributed by atoms with E-state index < -0.39 is 11.9 Å². The number of likely N-dealkylation sites (tertiary alicyclic amines) is 1. The maximum Gasteiger partial charge on any atom is 0.306 e. The molecule has 7 nitrogen and oxygen atoms in total. The van der Waals surface area contributed by atoms with Gasteiger partial charge in [-0.05, 0) is 24.5 Å². The minimum Gasteiger partial charge on any atom is -0.481 e. The molecule has 0 spiro atoms. The summed E-state index contributed by atoms with van der Waals surface area (Å²) in [7, 11) is 0. The number of hydrogen-bond acceptors (Lipinski definition) is 4. The topological polar surface area (TPSA) is 90.3 Å². The van der Waals surface area contributed by atoms with Crippen molar-refractivity contribution in [3.8, 4) is 0 Å². The van der Waals surface area contributed by atoms with Gasteiger partial charge in [-0.15, -0.1) is 0 Å². The predicted molar refractivity (Wildman–Crippen MR) is 92.1 cm³/mol. The Morgan fingerprint density at radius 2 is 1.92 bits per heavy atom. The molecule has 2 aliphatic heterocycles. The van der Waals surface area contributed by atoms with E-state index in [1.807, 2.05) is 25.1 Å². The molecule has 132 valence electrons. The van der Waals surface area contributed by atoms with E-state index in [-0.39, 0.29) is 24.2 Å². The molecule has 1 aromatic carbocycles. The summed E-state index contributed by atoms with van der Waals surface area (Å²) < 4.78 is 0. The molecule has 0 aromatic heterocycles. The monoisotopic (exact) mass is 343 g/mol. The molecule has 2 heterocycles. The molecule has 1 N–H and O–H groups in total. The highest BCUT2D eigenvalue weighted by atomic mass is 16.4. The minimum atomic E-state index is -0.810. The Morgan fingerprint density at radius 3 is 2.56 bits per heavy atom. The van der Waals surface area contributed by atoms with E-state index in [4.69, 9.17) is 0 Å².